The van der Waals surface area contributed by atoms with Crippen molar-refractivity contribution in [2.75, 3.05) is 6.61 Å². The molecule has 37 heavy (non-hydrogen) atoms. The van der Waals surface area contributed by atoms with Crippen molar-refractivity contribution in [3.63, 3.8) is 0 Å². The van der Waals surface area contributed by atoms with Gasteiger partial charge in [0.25, 0.3) is 0 Å². The van der Waals surface area contributed by atoms with E-state index in [0.717, 1.165) is 24.6 Å². The molecule has 0 aliphatic heterocycles. The summed E-state index contributed by atoms with van der Waals surface area (Å²) in [4.78, 5) is 9.55. The predicted molar refractivity (Wildman–Crippen MR) is 157 cm³/mol. The van der Waals surface area contributed by atoms with Crippen LogP contribution in [0.1, 0.15) is 146 Å². The topological polar surface area (TPSA) is 35.0 Å². The zero-order valence-electron chi connectivity index (χ0n) is 24.1. The molecule has 0 bridgehead atoms. The lowest BCUT2D eigenvalue weighted by Gasteiger charge is -2.27. The number of ether oxygens (including phenoxy) is 1. The molecule has 0 N–H and O–H groups in total. The van der Waals surface area contributed by atoms with Crippen molar-refractivity contribution in [3.05, 3.63) is 53.6 Å². The van der Waals surface area contributed by atoms with Gasteiger partial charge in [-0.2, -0.15) is 0 Å². The van der Waals surface area contributed by atoms with E-state index in [0.29, 0.717) is 11.8 Å². The molecule has 0 saturated heterocycles. The Kier molecular flexibility index (Phi) is 14.7. The van der Waals surface area contributed by atoms with Gasteiger partial charge in [0.05, 0.1) is 6.61 Å². The Bertz CT molecular complexity index is 809. The molecule has 2 aromatic rings. The Morgan fingerprint density at radius 1 is 0.622 bits per heavy atom. The number of benzene rings is 1. The molecule has 1 aromatic heterocycles. The standard InChI is InChI=1S/C34H54N2O/c1-3-5-7-8-9-10-11-12-13-15-17-31-26-35-34(36-27-31)32-22-18-30(19-23-32)28-37-33-24-20-29(21-25-33)16-14-6-4-2/h20-21,24-27,30,32H,3-19,22-23,28H2,1-2H3/t30-,32-. The van der Waals surface area contributed by atoms with Crippen molar-refractivity contribution >= 4 is 0 Å². The summed E-state index contributed by atoms with van der Waals surface area (Å²) in [6, 6.07) is 8.77. The summed E-state index contributed by atoms with van der Waals surface area (Å²) in [5, 5.41) is 0. The molecular weight excluding hydrogens is 452 g/mol. The Balaban J connectivity index is 1.25. The molecule has 3 rings (SSSR count). The van der Waals surface area contributed by atoms with Gasteiger partial charge in [-0.25, -0.2) is 9.97 Å². The van der Waals surface area contributed by atoms with E-state index in [2.05, 4.69) is 50.5 Å². The highest BCUT2D eigenvalue weighted by Gasteiger charge is 2.24. The van der Waals surface area contributed by atoms with Gasteiger partial charge < -0.3 is 4.74 Å². The lowest BCUT2D eigenvalue weighted by atomic mass is 9.82. The summed E-state index contributed by atoms with van der Waals surface area (Å²) in [5.41, 5.74) is 2.73. The molecule has 3 heteroatoms. The fourth-order valence-corrected chi connectivity index (χ4v) is 5.65. The Morgan fingerprint density at radius 3 is 1.76 bits per heavy atom. The van der Waals surface area contributed by atoms with Crippen LogP contribution < -0.4 is 4.74 Å². The van der Waals surface area contributed by atoms with Crippen LogP contribution in [0.3, 0.4) is 0 Å². The van der Waals surface area contributed by atoms with E-state index < -0.39 is 0 Å². The first kappa shape index (κ1) is 29.7. The molecule has 0 unspecified atom stereocenters. The number of unbranched alkanes of at least 4 members (excludes halogenated alkanes) is 11. The fourth-order valence-electron chi connectivity index (χ4n) is 5.65. The molecule has 1 aliphatic rings. The van der Waals surface area contributed by atoms with Crippen LogP contribution in [-0.4, -0.2) is 16.6 Å². The van der Waals surface area contributed by atoms with Crippen molar-refractivity contribution in [2.24, 2.45) is 5.92 Å². The van der Waals surface area contributed by atoms with Crippen molar-refractivity contribution in [2.45, 2.75) is 142 Å². The van der Waals surface area contributed by atoms with Gasteiger partial charge in [-0.15, -0.1) is 0 Å². The van der Waals surface area contributed by atoms with E-state index in [9.17, 15) is 0 Å². The van der Waals surface area contributed by atoms with Crippen molar-refractivity contribution < 1.29 is 4.74 Å². The maximum absolute atomic E-state index is 6.14. The number of hydrogen-bond acceptors (Lipinski definition) is 3. The third-order valence-corrected chi connectivity index (χ3v) is 8.23. The molecule has 1 aliphatic carbocycles. The Hall–Kier alpha value is -1.90. The third-order valence-electron chi connectivity index (χ3n) is 8.23. The van der Waals surface area contributed by atoms with Gasteiger partial charge in [-0.3, -0.25) is 0 Å². The van der Waals surface area contributed by atoms with Gasteiger partial charge in [-0.1, -0.05) is 96.6 Å². The van der Waals surface area contributed by atoms with Crippen LogP contribution in [0, 0.1) is 5.92 Å². The zero-order valence-corrected chi connectivity index (χ0v) is 24.1. The lowest BCUT2D eigenvalue weighted by Crippen LogP contribution is -2.20. The van der Waals surface area contributed by atoms with Crippen LogP contribution in [0.25, 0.3) is 0 Å². The monoisotopic (exact) mass is 506 g/mol. The van der Waals surface area contributed by atoms with Gasteiger partial charge in [0.15, 0.2) is 0 Å². The molecule has 0 atom stereocenters. The fraction of sp³-hybridized carbons (Fsp3) is 0.706. The van der Waals surface area contributed by atoms with Gasteiger partial charge in [0.2, 0.25) is 0 Å². The van der Waals surface area contributed by atoms with E-state index in [-0.39, 0.29) is 0 Å². The minimum atomic E-state index is 0.519. The van der Waals surface area contributed by atoms with Crippen molar-refractivity contribution in [1.29, 1.82) is 0 Å². The summed E-state index contributed by atoms with van der Waals surface area (Å²) in [6.07, 6.45) is 29.0. The van der Waals surface area contributed by atoms with E-state index in [1.54, 1.807) is 0 Å². The molecule has 0 amide bonds. The second-order valence-electron chi connectivity index (χ2n) is 11.5. The van der Waals surface area contributed by atoms with Crippen LogP contribution in [0.15, 0.2) is 36.7 Å². The molecule has 1 fully saturated rings. The molecule has 3 nitrogen and oxygen atoms in total. The first-order valence-corrected chi connectivity index (χ1v) is 15.8. The quantitative estimate of drug-likeness (QED) is 0.178. The second kappa shape index (κ2) is 18.4. The molecule has 0 spiro atoms. The highest BCUT2D eigenvalue weighted by molar-refractivity contribution is 5.27. The van der Waals surface area contributed by atoms with Crippen LogP contribution in [0.5, 0.6) is 5.75 Å². The summed E-state index contributed by atoms with van der Waals surface area (Å²) in [7, 11) is 0. The largest absolute Gasteiger partial charge is 0.493 e. The maximum atomic E-state index is 6.14. The molecule has 206 valence electrons. The second-order valence-corrected chi connectivity index (χ2v) is 11.5. The summed E-state index contributed by atoms with van der Waals surface area (Å²) in [5.74, 6) is 3.24. The zero-order chi connectivity index (χ0) is 26.0. The third kappa shape index (κ3) is 12.0. The van der Waals surface area contributed by atoms with E-state index in [4.69, 9.17) is 14.7 Å². The number of aromatic nitrogens is 2. The van der Waals surface area contributed by atoms with Crippen molar-refractivity contribution in [1.82, 2.24) is 9.97 Å². The van der Waals surface area contributed by atoms with E-state index >= 15 is 0 Å². The summed E-state index contributed by atoms with van der Waals surface area (Å²) in [6.45, 7) is 5.38. The van der Waals surface area contributed by atoms with Gasteiger partial charge >= 0.3 is 0 Å². The van der Waals surface area contributed by atoms with Gasteiger partial charge in [-0.05, 0) is 80.5 Å². The maximum Gasteiger partial charge on any atom is 0.131 e. The Labute approximate surface area is 228 Å². The number of rotatable bonds is 19. The van der Waals surface area contributed by atoms with Crippen LogP contribution in [-0.2, 0) is 12.8 Å². The number of nitrogens with zero attached hydrogens (tertiary/aromatic N) is 2. The SMILES string of the molecule is CCCCCCCCCCCCc1cnc([C@H]2CC[C@H](COc3ccc(CCCCC)cc3)CC2)nc1. The highest BCUT2D eigenvalue weighted by Crippen LogP contribution is 2.34. The average Bonchev–Trinajstić information content (AvgIpc) is 2.94. The summed E-state index contributed by atoms with van der Waals surface area (Å²) >= 11 is 0. The van der Waals surface area contributed by atoms with Gasteiger partial charge in [0, 0.05) is 18.3 Å². The minimum Gasteiger partial charge on any atom is -0.493 e. The van der Waals surface area contributed by atoms with Crippen LogP contribution in [0.2, 0.25) is 0 Å². The number of hydrogen-bond donors (Lipinski definition) is 0. The minimum absolute atomic E-state index is 0.519. The first-order valence-electron chi connectivity index (χ1n) is 15.8. The predicted octanol–water partition coefficient (Wildman–Crippen LogP) is 10.0. The average molecular weight is 507 g/mol. The van der Waals surface area contributed by atoms with Crippen LogP contribution >= 0.6 is 0 Å². The Morgan fingerprint density at radius 2 is 1.14 bits per heavy atom. The van der Waals surface area contributed by atoms with Gasteiger partial charge in [0.1, 0.15) is 11.6 Å². The highest BCUT2D eigenvalue weighted by atomic mass is 16.5. The molecular formula is C34H54N2O. The van der Waals surface area contributed by atoms with Crippen LogP contribution in [0.4, 0.5) is 0 Å². The molecule has 1 heterocycles. The summed E-state index contributed by atoms with van der Waals surface area (Å²) < 4.78 is 6.14. The van der Waals surface area contributed by atoms with E-state index in [1.165, 1.54) is 127 Å². The smallest absolute Gasteiger partial charge is 0.131 e. The number of aryl methyl sites for hydroxylation is 2. The molecule has 1 aromatic carbocycles. The first-order chi connectivity index (χ1) is 18.3. The normalized spacial score (nSPS) is 17.7. The molecule has 1 saturated carbocycles. The lowest BCUT2D eigenvalue weighted by molar-refractivity contribution is 0.198. The van der Waals surface area contributed by atoms with E-state index in [1.807, 2.05) is 0 Å². The van der Waals surface area contributed by atoms with Crippen molar-refractivity contribution in [3.8, 4) is 5.75 Å². The molecule has 0 radical (unpaired) electrons.